The number of hydrogen-bond acceptors (Lipinski definition) is 7. The molecule has 0 N–H and O–H groups in total. The van der Waals surface area contributed by atoms with Crippen molar-refractivity contribution in [2.24, 2.45) is 0 Å². The SMILES string of the molecule is CCOC(=O)[C@@H](Sc1nnc2nc(C)cc(C)n12)C(C)=O. The summed E-state index contributed by atoms with van der Waals surface area (Å²) < 4.78 is 6.64. The van der Waals surface area contributed by atoms with E-state index < -0.39 is 11.2 Å². The molecule has 0 radical (unpaired) electrons. The molecule has 21 heavy (non-hydrogen) atoms. The number of carbonyl (C=O) groups excluding carboxylic acids is 2. The normalized spacial score (nSPS) is 12.4. The summed E-state index contributed by atoms with van der Waals surface area (Å²) >= 11 is 1.03. The van der Waals surface area contributed by atoms with E-state index in [9.17, 15) is 9.59 Å². The van der Waals surface area contributed by atoms with Gasteiger partial charge in [-0.05, 0) is 33.8 Å². The van der Waals surface area contributed by atoms with E-state index in [1.165, 1.54) is 6.92 Å². The summed E-state index contributed by atoms with van der Waals surface area (Å²) in [7, 11) is 0. The van der Waals surface area contributed by atoms with E-state index in [2.05, 4.69) is 15.2 Å². The Morgan fingerprint density at radius 2 is 2.10 bits per heavy atom. The Morgan fingerprint density at radius 3 is 2.71 bits per heavy atom. The van der Waals surface area contributed by atoms with E-state index in [-0.39, 0.29) is 12.4 Å². The summed E-state index contributed by atoms with van der Waals surface area (Å²) in [6, 6.07) is 1.88. The van der Waals surface area contributed by atoms with Crippen molar-refractivity contribution in [1.29, 1.82) is 0 Å². The molecular weight excluding hydrogens is 292 g/mol. The fourth-order valence-electron chi connectivity index (χ4n) is 1.90. The van der Waals surface area contributed by atoms with Gasteiger partial charge < -0.3 is 4.74 Å². The van der Waals surface area contributed by atoms with Crippen LogP contribution < -0.4 is 0 Å². The lowest BCUT2D eigenvalue weighted by molar-refractivity contribution is -0.144. The average Bonchev–Trinajstić information content (AvgIpc) is 2.78. The molecule has 2 aromatic heterocycles. The van der Waals surface area contributed by atoms with Crippen molar-refractivity contribution in [2.75, 3.05) is 6.61 Å². The number of ketones is 1. The summed E-state index contributed by atoms with van der Waals surface area (Å²) in [5, 5.41) is 7.49. The van der Waals surface area contributed by atoms with Crippen molar-refractivity contribution in [3.63, 3.8) is 0 Å². The highest BCUT2D eigenvalue weighted by Crippen LogP contribution is 2.24. The number of rotatable bonds is 5. The van der Waals surface area contributed by atoms with Crippen molar-refractivity contribution in [3.05, 3.63) is 17.5 Å². The van der Waals surface area contributed by atoms with Gasteiger partial charge in [0.15, 0.2) is 16.2 Å². The van der Waals surface area contributed by atoms with Gasteiger partial charge in [-0.3, -0.25) is 14.0 Å². The molecule has 2 aromatic rings. The first-order valence-corrected chi connectivity index (χ1v) is 7.35. The number of fused-ring (bicyclic) bond motifs is 1. The quantitative estimate of drug-likeness (QED) is 0.468. The maximum atomic E-state index is 11.8. The molecule has 8 heteroatoms. The highest BCUT2D eigenvalue weighted by Gasteiger charge is 2.28. The number of Topliss-reactive ketones (excluding diaryl/α,β-unsaturated/α-hetero) is 1. The van der Waals surface area contributed by atoms with Crippen LogP contribution in [-0.2, 0) is 14.3 Å². The molecule has 2 heterocycles. The Hall–Kier alpha value is -1.96. The van der Waals surface area contributed by atoms with Crippen molar-refractivity contribution in [3.8, 4) is 0 Å². The molecule has 112 valence electrons. The van der Waals surface area contributed by atoms with Crippen LogP contribution in [0, 0.1) is 13.8 Å². The number of esters is 1. The Labute approximate surface area is 126 Å². The maximum absolute atomic E-state index is 11.8. The summed E-state index contributed by atoms with van der Waals surface area (Å²) in [6.45, 7) is 7.04. The van der Waals surface area contributed by atoms with Gasteiger partial charge in [0.1, 0.15) is 0 Å². The van der Waals surface area contributed by atoms with E-state index >= 15 is 0 Å². The van der Waals surface area contributed by atoms with Crippen molar-refractivity contribution >= 4 is 29.3 Å². The molecule has 7 nitrogen and oxygen atoms in total. The second kappa shape index (κ2) is 6.21. The summed E-state index contributed by atoms with van der Waals surface area (Å²) in [5.41, 5.74) is 1.72. The second-order valence-electron chi connectivity index (χ2n) is 4.52. The maximum Gasteiger partial charge on any atom is 0.327 e. The van der Waals surface area contributed by atoms with Gasteiger partial charge in [-0.25, -0.2) is 4.98 Å². The van der Waals surface area contributed by atoms with Crippen LogP contribution in [0.25, 0.3) is 5.78 Å². The molecule has 0 saturated carbocycles. The molecule has 0 aliphatic rings. The Balaban J connectivity index is 2.38. The van der Waals surface area contributed by atoms with Gasteiger partial charge in [-0.1, -0.05) is 11.8 Å². The van der Waals surface area contributed by atoms with Gasteiger partial charge in [0, 0.05) is 11.4 Å². The zero-order chi connectivity index (χ0) is 15.6. The van der Waals surface area contributed by atoms with Gasteiger partial charge in [0.05, 0.1) is 6.61 Å². The van der Waals surface area contributed by atoms with Gasteiger partial charge in [0.2, 0.25) is 0 Å². The number of thioether (sulfide) groups is 1. The first-order chi connectivity index (χ1) is 9.93. The molecule has 0 amide bonds. The summed E-state index contributed by atoms with van der Waals surface area (Å²) in [4.78, 5) is 27.8. The molecule has 0 bridgehead atoms. The molecule has 0 aliphatic carbocycles. The smallest absolute Gasteiger partial charge is 0.327 e. The van der Waals surface area contributed by atoms with E-state index in [1.54, 1.807) is 11.3 Å². The molecule has 0 saturated heterocycles. The van der Waals surface area contributed by atoms with E-state index in [4.69, 9.17) is 4.74 Å². The summed E-state index contributed by atoms with van der Waals surface area (Å²) in [5.74, 6) is -0.404. The van der Waals surface area contributed by atoms with Crippen LogP contribution in [0.5, 0.6) is 0 Å². The number of carbonyl (C=O) groups is 2. The molecule has 0 spiro atoms. The zero-order valence-electron chi connectivity index (χ0n) is 12.3. The van der Waals surface area contributed by atoms with E-state index in [1.807, 2.05) is 19.9 Å². The van der Waals surface area contributed by atoms with Crippen molar-refractivity contribution in [2.45, 2.75) is 38.1 Å². The third-order valence-electron chi connectivity index (χ3n) is 2.76. The molecule has 0 unspecified atom stereocenters. The number of hydrogen-bond donors (Lipinski definition) is 0. The minimum atomic E-state index is -0.946. The summed E-state index contributed by atoms with van der Waals surface area (Å²) in [6.07, 6.45) is 0. The standard InChI is InChI=1S/C13H16N4O3S/c1-5-20-11(19)10(9(4)18)21-13-16-15-12-14-7(2)6-8(3)17(12)13/h6,10H,5H2,1-4H3/t10-/m0/s1. The number of nitrogens with zero attached hydrogens (tertiary/aromatic N) is 4. The number of aryl methyl sites for hydroxylation is 2. The van der Waals surface area contributed by atoms with E-state index in [0.29, 0.717) is 10.9 Å². The molecule has 1 atom stereocenters. The van der Waals surface area contributed by atoms with Crippen LogP contribution in [0.4, 0.5) is 0 Å². The van der Waals surface area contributed by atoms with Crippen LogP contribution >= 0.6 is 11.8 Å². The topological polar surface area (TPSA) is 86.4 Å². The lowest BCUT2D eigenvalue weighted by Crippen LogP contribution is -2.27. The van der Waals surface area contributed by atoms with Crippen molar-refractivity contribution < 1.29 is 14.3 Å². The minimum absolute atomic E-state index is 0.226. The third-order valence-corrected chi connectivity index (χ3v) is 3.99. The highest BCUT2D eigenvalue weighted by molar-refractivity contribution is 8.01. The van der Waals surface area contributed by atoms with Crippen LogP contribution in [0.15, 0.2) is 11.2 Å². The lowest BCUT2D eigenvalue weighted by Gasteiger charge is -2.11. The number of aromatic nitrogens is 4. The van der Waals surface area contributed by atoms with Crippen LogP contribution in [-0.4, -0.2) is 43.2 Å². The average molecular weight is 308 g/mol. The predicted molar refractivity (Wildman–Crippen MR) is 77.2 cm³/mol. The molecule has 2 rings (SSSR count). The molecule has 0 aromatic carbocycles. The minimum Gasteiger partial charge on any atom is -0.465 e. The van der Waals surface area contributed by atoms with Crippen LogP contribution in [0.1, 0.15) is 25.2 Å². The molecule has 0 aliphatic heterocycles. The predicted octanol–water partition coefficient (Wildman–Crippen LogP) is 1.35. The van der Waals surface area contributed by atoms with Gasteiger partial charge in [-0.2, -0.15) is 0 Å². The monoisotopic (exact) mass is 308 g/mol. The zero-order valence-corrected chi connectivity index (χ0v) is 13.1. The fraction of sp³-hybridized carbons (Fsp3) is 0.462. The first-order valence-electron chi connectivity index (χ1n) is 6.47. The first kappa shape index (κ1) is 15.4. The molecular formula is C13H16N4O3S. The largest absolute Gasteiger partial charge is 0.465 e. The van der Waals surface area contributed by atoms with Crippen LogP contribution in [0.3, 0.4) is 0 Å². The van der Waals surface area contributed by atoms with Gasteiger partial charge >= 0.3 is 5.97 Å². The Bertz CT molecular complexity index is 698. The highest BCUT2D eigenvalue weighted by atomic mass is 32.2. The molecule has 0 fully saturated rings. The van der Waals surface area contributed by atoms with E-state index in [0.717, 1.165) is 23.1 Å². The number of ether oxygens (including phenoxy) is 1. The fourth-order valence-corrected chi connectivity index (χ4v) is 2.86. The second-order valence-corrected chi connectivity index (χ2v) is 5.59. The lowest BCUT2D eigenvalue weighted by atomic mass is 10.3. The Kier molecular flexibility index (Phi) is 4.56. The van der Waals surface area contributed by atoms with Crippen molar-refractivity contribution in [1.82, 2.24) is 19.6 Å². The van der Waals surface area contributed by atoms with Gasteiger partial charge in [0.25, 0.3) is 5.78 Å². The Morgan fingerprint density at radius 1 is 1.38 bits per heavy atom. The third kappa shape index (κ3) is 3.21. The van der Waals surface area contributed by atoms with Crippen LogP contribution in [0.2, 0.25) is 0 Å². The van der Waals surface area contributed by atoms with Gasteiger partial charge in [-0.15, -0.1) is 10.2 Å².